The van der Waals surface area contributed by atoms with Crippen molar-refractivity contribution in [1.29, 1.82) is 0 Å². The van der Waals surface area contributed by atoms with E-state index in [2.05, 4.69) is 20.8 Å². The summed E-state index contributed by atoms with van der Waals surface area (Å²) in [4.78, 5) is 12.5. The number of aromatic nitrogens is 3. The lowest BCUT2D eigenvalue weighted by Crippen LogP contribution is -2.23. The Labute approximate surface area is 180 Å². The van der Waals surface area contributed by atoms with Gasteiger partial charge in [-0.25, -0.2) is 0 Å². The zero-order valence-corrected chi connectivity index (χ0v) is 18.2. The van der Waals surface area contributed by atoms with E-state index in [1.54, 1.807) is 0 Å². The van der Waals surface area contributed by atoms with Crippen LogP contribution in [0.4, 0.5) is 11.4 Å². The van der Waals surface area contributed by atoms with Crippen LogP contribution in [0, 0.1) is 6.92 Å². The number of hydrogen-bond acceptors (Lipinski definition) is 5. The van der Waals surface area contributed by atoms with Crippen LogP contribution in [0.15, 0.2) is 53.7 Å². The number of amides is 1. The third-order valence-electron chi connectivity index (χ3n) is 4.39. The number of halogens is 1. The van der Waals surface area contributed by atoms with Gasteiger partial charge < -0.3 is 15.2 Å². The molecule has 0 aliphatic carbocycles. The smallest absolute Gasteiger partial charge is 0.237 e. The number of carbonyl (C=O) groups excluding carboxylic acids is 1. The number of benzene rings is 2. The molecule has 1 amide bonds. The number of nitrogens with one attached hydrogen (secondary N) is 2. The first-order chi connectivity index (χ1) is 14.0. The Morgan fingerprint density at radius 3 is 2.59 bits per heavy atom. The Morgan fingerprint density at radius 2 is 1.90 bits per heavy atom. The number of aryl methyl sites for hydroxylation is 1. The summed E-state index contributed by atoms with van der Waals surface area (Å²) < 4.78 is 2.00. The third kappa shape index (κ3) is 5.52. The van der Waals surface area contributed by atoms with Crippen LogP contribution in [0.1, 0.15) is 25.2 Å². The van der Waals surface area contributed by atoms with E-state index in [4.69, 9.17) is 11.6 Å². The SMILES string of the molecule is CCn1c(CNc2ccccc2Cl)nnc1SC(C)C(=O)Nc1ccc(C)cc1. The van der Waals surface area contributed by atoms with Gasteiger partial charge in [0.1, 0.15) is 0 Å². The van der Waals surface area contributed by atoms with E-state index in [-0.39, 0.29) is 11.2 Å². The van der Waals surface area contributed by atoms with E-state index >= 15 is 0 Å². The van der Waals surface area contributed by atoms with Crippen LogP contribution in [-0.4, -0.2) is 25.9 Å². The molecule has 3 rings (SSSR count). The number of para-hydroxylation sites is 1. The molecule has 0 bridgehead atoms. The second kappa shape index (κ2) is 9.80. The molecule has 0 saturated heterocycles. The maximum Gasteiger partial charge on any atom is 0.237 e. The largest absolute Gasteiger partial charge is 0.377 e. The zero-order chi connectivity index (χ0) is 20.8. The minimum absolute atomic E-state index is 0.0692. The topological polar surface area (TPSA) is 71.8 Å². The summed E-state index contributed by atoms with van der Waals surface area (Å²) >= 11 is 7.59. The fraction of sp³-hybridized carbons (Fsp3) is 0.286. The van der Waals surface area contributed by atoms with Crippen molar-refractivity contribution in [3.63, 3.8) is 0 Å². The number of hydrogen-bond donors (Lipinski definition) is 2. The van der Waals surface area contributed by atoms with Crippen molar-refractivity contribution in [1.82, 2.24) is 14.8 Å². The third-order valence-corrected chi connectivity index (χ3v) is 5.80. The summed E-state index contributed by atoms with van der Waals surface area (Å²) in [5, 5.41) is 15.9. The molecule has 1 aromatic heterocycles. The summed E-state index contributed by atoms with van der Waals surface area (Å²) in [5.41, 5.74) is 2.79. The van der Waals surface area contributed by atoms with E-state index < -0.39 is 0 Å². The molecule has 1 unspecified atom stereocenters. The minimum Gasteiger partial charge on any atom is -0.377 e. The molecule has 1 heterocycles. The lowest BCUT2D eigenvalue weighted by atomic mass is 10.2. The van der Waals surface area contributed by atoms with Crippen LogP contribution >= 0.6 is 23.4 Å². The molecule has 0 fully saturated rings. The molecule has 8 heteroatoms. The van der Waals surface area contributed by atoms with Crippen molar-refractivity contribution in [2.45, 2.75) is 44.3 Å². The van der Waals surface area contributed by atoms with Gasteiger partial charge in [-0.3, -0.25) is 4.79 Å². The molecule has 0 aliphatic rings. The molecule has 6 nitrogen and oxygen atoms in total. The summed E-state index contributed by atoms with van der Waals surface area (Å²) in [6.07, 6.45) is 0. The van der Waals surface area contributed by atoms with Crippen LogP contribution < -0.4 is 10.6 Å². The Morgan fingerprint density at radius 1 is 1.17 bits per heavy atom. The van der Waals surface area contributed by atoms with E-state index in [0.29, 0.717) is 18.1 Å². The molecule has 152 valence electrons. The number of anilines is 2. The van der Waals surface area contributed by atoms with Gasteiger partial charge in [0.05, 0.1) is 22.5 Å². The normalized spacial score (nSPS) is 11.9. The Balaban J connectivity index is 1.63. The Kier molecular flexibility index (Phi) is 7.17. The molecular formula is C21H24ClN5OS. The molecule has 0 saturated carbocycles. The van der Waals surface area contributed by atoms with E-state index in [1.165, 1.54) is 11.8 Å². The average Bonchev–Trinajstić information content (AvgIpc) is 3.10. The van der Waals surface area contributed by atoms with Crippen LogP contribution in [-0.2, 0) is 17.9 Å². The second-order valence-corrected chi connectivity index (χ2v) is 8.31. The molecular weight excluding hydrogens is 406 g/mol. The summed E-state index contributed by atoms with van der Waals surface area (Å²) in [6, 6.07) is 15.3. The number of thioether (sulfide) groups is 1. The van der Waals surface area contributed by atoms with Crippen molar-refractivity contribution in [3.05, 3.63) is 64.9 Å². The van der Waals surface area contributed by atoms with Crippen molar-refractivity contribution in [2.24, 2.45) is 0 Å². The maximum atomic E-state index is 12.5. The fourth-order valence-corrected chi connectivity index (χ4v) is 3.86. The van der Waals surface area contributed by atoms with Gasteiger partial charge in [0.15, 0.2) is 11.0 Å². The lowest BCUT2D eigenvalue weighted by Gasteiger charge is -2.13. The highest BCUT2D eigenvalue weighted by atomic mass is 35.5. The van der Waals surface area contributed by atoms with Crippen LogP contribution in [0.2, 0.25) is 5.02 Å². The van der Waals surface area contributed by atoms with Crippen molar-refractivity contribution in [2.75, 3.05) is 10.6 Å². The predicted octanol–water partition coefficient (Wildman–Crippen LogP) is 4.99. The molecule has 0 radical (unpaired) electrons. The quantitative estimate of drug-likeness (QED) is 0.493. The van der Waals surface area contributed by atoms with Crippen LogP contribution in [0.5, 0.6) is 0 Å². The van der Waals surface area contributed by atoms with E-state index in [9.17, 15) is 4.79 Å². The monoisotopic (exact) mass is 429 g/mol. The van der Waals surface area contributed by atoms with Gasteiger partial charge in [-0.1, -0.05) is 53.2 Å². The summed E-state index contributed by atoms with van der Waals surface area (Å²) in [6.45, 7) is 7.12. The highest BCUT2D eigenvalue weighted by Gasteiger charge is 2.20. The number of carbonyl (C=O) groups is 1. The van der Waals surface area contributed by atoms with Gasteiger partial charge in [0, 0.05) is 12.2 Å². The van der Waals surface area contributed by atoms with Gasteiger partial charge in [-0.15, -0.1) is 10.2 Å². The Hall–Kier alpha value is -2.51. The van der Waals surface area contributed by atoms with Gasteiger partial charge in [0.25, 0.3) is 0 Å². The number of rotatable bonds is 8. The predicted molar refractivity (Wildman–Crippen MR) is 120 cm³/mol. The molecule has 2 N–H and O–H groups in total. The first-order valence-corrected chi connectivity index (χ1v) is 10.7. The van der Waals surface area contributed by atoms with Crippen LogP contribution in [0.25, 0.3) is 0 Å². The van der Waals surface area contributed by atoms with E-state index in [0.717, 1.165) is 27.9 Å². The zero-order valence-electron chi connectivity index (χ0n) is 16.6. The first kappa shape index (κ1) is 21.2. The molecule has 2 aromatic carbocycles. The molecule has 0 aliphatic heterocycles. The van der Waals surface area contributed by atoms with Gasteiger partial charge in [0.2, 0.25) is 5.91 Å². The first-order valence-electron chi connectivity index (χ1n) is 9.42. The number of nitrogens with zero attached hydrogens (tertiary/aromatic N) is 3. The Bertz CT molecular complexity index is 973. The van der Waals surface area contributed by atoms with Gasteiger partial charge >= 0.3 is 0 Å². The average molecular weight is 430 g/mol. The fourth-order valence-electron chi connectivity index (χ4n) is 2.73. The molecule has 0 spiro atoms. The van der Waals surface area contributed by atoms with Crippen molar-refractivity contribution < 1.29 is 4.79 Å². The lowest BCUT2D eigenvalue weighted by molar-refractivity contribution is -0.115. The van der Waals surface area contributed by atoms with Gasteiger partial charge in [-0.05, 0) is 45.0 Å². The minimum atomic E-state index is -0.310. The van der Waals surface area contributed by atoms with E-state index in [1.807, 2.05) is 73.9 Å². The molecule has 1 atom stereocenters. The second-order valence-electron chi connectivity index (χ2n) is 6.59. The standard InChI is InChI=1S/C21H24ClN5OS/c1-4-27-19(13-23-18-8-6-5-7-17(18)22)25-26-21(27)29-15(3)20(28)24-16-11-9-14(2)10-12-16/h5-12,15,23H,4,13H2,1-3H3,(H,24,28). The van der Waals surface area contributed by atoms with Gasteiger partial charge in [-0.2, -0.15) is 0 Å². The summed E-state index contributed by atoms with van der Waals surface area (Å²) in [5.74, 6) is 0.723. The maximum absolute atomic E-state index is 12.5. The van der Waals surface area contributed by atoms with Crippen LogP contribution in [0.3, 0.4) is 0 Å². The highest BCUT2D eigenvalue weighted by molar-refractivity contribution is 8.00. The molecule has 29 heavy (non-hydrogen) atoms. The summed E-state index contributed by atoms with van der Waals surface area (Å²) in [7, 11) is 0. The highest BCUT2D eigenvalue weighted by Crippen LogP contribution is 2.25. The van der Waals surface area contributed by atoms with Crippen molar-refractivity contribution in [3.8, 4) is 0 Å². The van der Waals surface area contributed by atoms with Crippen molar-refractivity contribution >= 4 is 40.6 Å². The molecule has 3 aromatic rings.